The number of fused-ring (bicyclic) bond motifs is 1. The van der Waals surface area contributed by atoms with Gasteiger partial charge in [0.1, 0.15) is 12.3 Å². The van der Waals surface area contributed by atoms with E-state index in [9.17, 15) is 4.79 Å². The summed E-state index contributed by atoms with van der Waals surface area (Å²) in [6.07, 6.45) is 3.86. The maximum Gasteiger partial charge on any atom is 0.161 e. The Morgan fingerprint density at radius 2 is 2.09 bits per heavy atom. The van der Waals surface area contributed by atoms with Crippen LogP contribution in [0.25, 0.3) is 5.65 Å². The molecular weight excluding hydrogens is 280 g/mol. The number of hydrogen-bond donors (Lipinski definition) is 0. The molecule has 0 aliphatic carbocycles. The summed E-state index contributed by atoms with van der Waals surface area (Å²) in [4.78, 5) is 15.9. The van der Waals surface area contributed by atoms with Crippen LogP contribution in [0.4, 0.5) is 0 Å². The van der Waals surface area contributed by atoms with E-state index in [0.29, 0.717) is 23.7 Å². The van der Waals surface area contributed by atoms with Crippen molar-refractivity contribution in [3.8, 4) is 11.5 Å². The summed E-state index contributed by atoms with van der Waals surface area (Å²) in [6.45, 7) is 1.85. The topological polar surface area (TPSA) is 52.8 Å². The molecule has 22 heavy (non-hydrogen) atoms. The molecule has 1 aromatic carbocycles. The predicted octanol–water partition coefficient (Wildman–Crippen LogP) is 3.12. The van der Waals surface area contributed by atoms with Gasteiger partial charge >= 0.3 is 0 Å². The van der Waals surface area contributed by atoms with Gasteiger partial charge in [0.25, 0.3) is 0 Å². The van der Waals surface area contributed by atoms with Crippen molar-refractivity contribution in [3.63, 3.8) is 0 Å². The van der Waals surface area contributed by atoms with E-state index in [4.69, 9.17) is 9.47 Å². The molecule has 0 amide bonds. The molecular formula is C17H16N2O3. The third-order valence-electron chi connectivity index (χ3n) is 3.36. The van der Waals surface area contributed by atoms with Crippen molar-refractivity contribution in [1.82, 2.24) is 9.38 Å². The molecule has 0 atom stereocenters. The first-order valence-corrected chi connectivity index (χ1v) is 6.92. The Labute approximate surface area is 128 Å². The van der Waals surface area contributed by atoms with Gasteiger partial charge in [-0.05, 0) is 37.3 Å². The number of ketones is 1. The molecule has 5 nitrogen and oxygen atoms in total. The number of benzene rings is 1. The number of carbonyl (C=O) groups excluding carboxylic acids is 1. The third kappa shape index (κ3) is 2.79. The molecule has 0 bridgehead atoms. The van der Waals surface area contributed by atoms with E-state index in [-0.39, 0.29) is 5.78 Å². The average Bonchev–Trinajstić information content (AvgIpc) is 2.95. The van der Waals surface area contributed by atoms with Crippen LogP contribution in [0.2, 0.25) is 0 Å². The molecule has 0 N–H and O–H groups in total. The summed E-state index contributed by atoms with van der Waals surface area (Å²) in [7, 11) is 1.55. The van der Waals surface area contributed by atoms with Gasteiger partial charge in [0.2, 0.25) is 0 Å². The Balaban J connectivity index is 1.79. The highest BCUT2D eigenvalue weighted by Crippen LogP contribution is 2.29. The third-order valence-corrected chi connectivity index (χ3v) is 3.36. The van der Waals surface area contributed by atoms with E-state index < -0.39 is 0 Å². The lowest BCUT2D eigenvalue weighted by Crippen LogP contribution is -2.00. The lowest BCUT2D eigenvalue weighted by atomic mass is 10.1. The number of methoxy groups -OCH3 is 1. The maximum absolute atomic E-state index is 11.4. The molecule has 0 unspecified atom stereocenters. The normalized spacial score (nSPS) is 10.6. The highest BCUT2D eigenvalue weighted by Gasteiger charge is 2.09. The zero-order chi connectivity index (χ0) is 15.5. The molecule has 0 aliphatic heterocycles. The fourth-order valence-corrected chi connectivity index (χ4v) is 2.21. The van der Waals surface area contributed by atoms with Crippen LogP contribution in [-0.2, 0) is 6.61 Å². The minimum Gasteiger partial charge on any atom is -0.493 e. The van der Waals surface area contributed by atoms with Gasteiger partial charge in [-0.15, -0.1) is 0 Å². The summed E-state index contributed by atoms with van der Waals surface area (Å²) in [5, 5.41) is 0. The van der Waals surface area contributed by atoms with Gasteiger partial charge in [0.05, 0.1) is 12.8 Å². The Morgan fingerprint density at radius 3 is 2.82 bits per heavy atom. The highest BCUT2D eigenvalue weighted by molar-refractivity contribution is 5.94. The molecule has 0 saturated carbocycles. The van der Waals surface area contributed by atoms with Crippen molar-refractivity contribution >= 4 is 11.4 Å². The van der Waals surface area contributed by atoms with E-state index in [1.165, 1.54) is 6.92 Å². The molecule has 2 heterocycles. The number of ether oxygens (including phenoxy) is 2. The fraction of sp³-hybridized carbons (Fsp3) is 0.176. The number of rotatable bonds is 5. The summed E-state index contributed by atoms with van der Waals surface area (Å²) >= 11 is 0. The Hall–Kier alpha value is -2.82. The zero-order valence-corrected chi connectivity index (χ0v) is 12.4. The van der Waals surface area contributed by atoms with Gasteiger partial charge in [-0.2, -0.15) is 0 Å². The van der Waals surface area contributed by atoms with Crippen molar-refractivity contribution in [2.24, 2.45) is 0 Å². The Kier molecular flexibility index (Phi) is 3.78. The van der Waals surface area contributed by atoms with Crippen molar-refractivity contribution in [1.29, 1.82) is 0 Å². The van der Waals surface area contributed by atoms with Gasteiger partial charge in [-0.3, -0.25) is 4.79 Å². The van der Waals surface area contributed by atoms with Gasteiger partial charge in [0.15, 0.2) is 17.3 Å². The number of Topliss-reactive ketones (excluding diaryl/α,β-unsaturated/α-hetero) is 1. The smallest absolute Gasteiger partial charge is 0.161 e. The molecule has 5 heteroatoms. The lowest BCUT2D eigenvalue weighted by molar-refractivity contribution is 0.101. The lowest BCUT2D eigenvalue weighted by Gasteiger charge is -2.10. The molecule has 0 radical (unpaired) electrons. The fourth-order valence-electron chi connectivity index (χ4n) is 2.21. The highest BCUT2D eigenvalue weighted by atomic mass is 16.5. The SMILES string of the molecule is COc1cc(C(C)=O)ccc1OCc1cn2ccccc2n1. The number of imidazole rings is 1. The van der Waals surface area contributed by atoms with E-state index >= 15 is 0 Å². The monoisotopic (exact) mass is 296 g/mol. The number of nitrogens with zero attached hydrogens (tertiary/aromatic N) is 2. The predicted molar refractivity (Wildman–Crippen MR) is 82.5 cm³/mol. The summed E-state index contributed by atoms with van der Waals surface area (Å²) in [5.41, 5.74) is 2.29. The molecule has 3 rings (SSSR count). The Bertz CT molecular complexity index is 791. The van der Waals surface area contributed by atoms with Crippen molar-refractivity contribution < 1.29 is 14.3 Å². The number of pyridine rings is 1. The van der Waals surface area contributed by atoms with Gasteiger partial charge < -0.3 is 13.9 Å². The van der Waals surface area contributed by atoms with E-state index in [2.05, 4.69) is 4.98 Å². The molecule has 2 aromatic heterocycles. The number of carbonyl (C=O) groups is 1. The van der Waals surface area contributed by atoms with Gasteiger partial charge in [-0.1, -0.05) is 6.07 Å². The summed E-state index contributed by atoms with van der Waals surface area (Å²) in [6, 6.07) is 11.0. The standard InChI is InChI=1S/C17H16N2O3/c1-12(20)13-6-7-15(16(9-13)21-2)22-11-14-10-19-8-4-3-5-17(19)18-14/h3-10H,11H2,1-2H3. The van der Waals surface area contributed by atoms with Gasteiger partial charge in [0, 0.05) is 18.0 Å². The van der Waals surface area contributed by atoms with Crippen LogP contribution < -0.4 is 9.47 Å². The second-order valence-electron chi connectivity index (χ2n) is 4.91. The first kappa shape index (κ1) is 14.1. The van der Waals surface area contributed by atoms with Crippen LogP contribution in [0.15, 0.2) is 48.8 Å². The molecule has 112 valence electrons. The number of aromatic nitrogens is 2. The maximum atomic E-state index is 11.4. The Morgan fingerprint density at radius 1 is 1.23 bits per heavy atom. The zero-order valence-electron chi connectivity index (χ0n) is 12.4. The van der Waals surface area contributed by atoms with Crippen LogP contribution in [0.5, 0.6) is 11.5 Å². The van der Waals surface area contributed by atoms with Gasteiger partial charge in [-0.25, -0.2) is 4.98 Å². The van der Waals surface area contributed by atoms with Crippen LogP contribution >= 0.6 is 0 Å². The van der Waals surface area contributed by atoms with Crippen molar-refractivity contribution in [2.75, 3.05) is 7.11 Å². The molecule has 0 fully saturated rings. The molecule has 3 aromatic rings. The first-order chi connectivity index (χ1) is 10.7. The van der Waals surface area contributed by atoms with E-state index in [1.807, 2.05) is 35.0 Å². The average molecular weight is 296 g/mol. The minimum absolute atomic E-state index is 0.00907. The van der Waals surface area contributed by atoms with Crippen molar-refractivity contribution in [3.05, 3.63) is 60.0 Å². The van der Waals surface area contributed by atoms with E-state index in [0.717, 1.165) is 11.3 Å². The quantitative estimate of drug-likeness (QED) is 0.679. The number of hydrogen-bond acceptors (Lipinski definition) is 4. The van der Waals surface area contributed by atoms with Crippen LogP contribution in [0, 0.1) is 0 Å². The molecule has 0 saturated heterocycles. The van der Waals surface area contributed by atoms with Crippen LogP contribution in [0.1, 0.15) is 23.0 Å². The van der Waals surface area contributed by atoms with E-state index in [1.54, 1.807) is 25.3 Å². The van der Waals surface area contributed by atoms with Crippen LogP contribution in [0.3, 0.4) is 0 Å². The molecule has 0 aliphatic rings. The summed E-state index contributed by atoms with van der Waals surface area (Å²) < 4.78 is 13.0. The largest absolute Gasteiger partial charge is 0.493 e. The molecule has 0 spiro atoms. The summed E-state index contributed by atoms with van der Waals surface area (Å²) in [5.74, 6) is 1.12. The van der Waals surface area contributed by atoms with Crippen molar-refractivity contribution in [2.45, 2.75) is 13.5 Å². The second-order valence-corrected chi connectivity index (χ2v) is 4.91. The first-order valence-electron chi connectivity index (χ1n) is 6.92. The van der Waals surface area contributed by atoms with Crippen LogP contribution in [-0.4, -0.2) is 22.3 Å². The minimum atomic E-state index is -0.00907. The second kappa shape index (κ2) is 5.89.